The molecular weight excluding hydrogens is 260 g/mol. The second-order valence-electron chi connectivity index (χ2n) is 5.51. The van der Waals surface area contributed by atoms with Gasteiger partial charge < -0.3 is 5.32 Å². The molecule has 1 aromatic rings. The Labute approximate surface area is 114 Å². The molecule has 1 saturated carbocycles. The first-order valence-corrected chi connectivity index (χ1v) is 8.60. The lowest BCUT2D eigenvalue weighted by atomic mass is 10.1. The predicted octanol–water partition coefficient (Wildman–Crippen LogP) is 1.69. The zero-order valence-electron chi connectivity index (χ0n) is 10.9. The van der Waals surface area contributed by atoms with Gasteiger partial charge in [0.05, 0.1) is 5.75 Å². The molecule has 1 fully saturated rings. The number of hydrogen-bond acceptors (Lipinski definition) is 3. The molecule has 1 aliphatic carbocycles. The average molecular weight is 280 g/mol. The van der Waals surface area contributed by atoms with Crippen LogP contribution in [-0.2, 0) is 16.6 Å². The van der Waals surface area contributed by atoms with Crippen LogP contribution in [0.15, 0.2) is 24.3 Å². The molecular formula is C14H20N2O2S. The van der Waals surface area contributed by atoms with Gasteiger partial charge in [-0.1, -0.05) is 37.1 Å². The molecule has 2 aliphatic rings. The van der Waals surface area contributed by atoms with Gasteiger partial charge >= 0.3 is 0 Å². The summed E-state index contributed by atoms with van der Waals surface area (Å²) in [6, 6.07) is 8.12. The van der Waals surface area contributed by atoms with E-state index < -0.39 is 10.0 Å². The number of hydrogen-bond donors (Lipinski definition) is 2. The van der Waals surface area contributed by atoms with Crippen molar-refractivity contribution in [3.63, 3.8) is 0 Å². The van der Waals surface area contributed by atoms with Crippen LogP contribution in [0.1, 0.15) is 42.9 Å². The molecule has 2 N–H and O–H groups in total. The van der Waals surface area contributed by atoms with E-state index in [1.165, 1.54) is 5.56 Å². The van der Waals surface area contributed by atoms with E-state index in [1.54, 1.807) is 0 Å². The predicted molar refractivity (Wildman–Crippen MR) is 75.2 cm³/mol. The van der Waals surface area contributed by atoms with Crippen LogP contribution in [0.3, 0.4) is 0 Å². The molecule has 1 unspecified atom stereocenters. The summed E-state index contributed by atoms with van der Waals surface area (Å²) in [4.78, 5) is 0. The monoisotopic (exact) mass is 280 g/mol. The van der Waals surface area contributed by atoms with Crippen LogP contribution in [-0.4, -0.2) is 20.2 Å². The van der Waals surface area contributed by atoms with E-state index >= 15 is 0 Å². The van der Waals surface area contributed by atoms with Crippen molar-refractivity contribution < 1.29 is 8.42 Å². The highest BCUT2D eigenvalue weighted by atomic mass is 32.2. The summed E-state index contributed by atoms with van der Waals surface area (Å²) in [5.74, 6) is 0.139. The third-order valence-electron chi connectivity index (χ3n) is 4.06. The summed E-state index contributed by atoms with van der Waals surface area (Å²) in [6.07, 6.45) is 4.23. The van der Waals surface area contributed by atoms with Gasteiger partial charge in [-0.15, -0.1) is 0 Å². The molecule has 0 bridgehead atoms. The number of fused-ring (bicyclic) bond motifs is 1. The molecule has 1 atom stereocenters. The van der Waals surface area contributed by atoms with Crippen molar-refractivity contribution in [1.29, 1.82) is 0 Å². The molecule has 0 amide bonds. The Kier molecular flexibility index (Phi) is 3.60. The molecule has 0 radical (unpaired) electrons. The van der Waals surface area contributed by atoms with Gasteiger partial charge in [0, 0.05) is 18.6 Å². The molecule has 0 spiro atoms. The largest absolute Gasteiger partial charge is 0.305 e. The molecule has 104 valence electrons. The first-order chi connectivity index (χ1) is 9.14. The van der Waals surface area contributed by atoms with Crippen molar-refractivity contribution in [1.82, 2.24) is 10.0 Å². The lowest BCUT2D eigenvalue weighted by molar-refractivity contribution is 0.536. The number of nitrogens with one attached hydrogen (secondary N) is 2. The lowest BCUT2D eigenvalue weighted by Crippen LogP contribution is -2.37. The Hall–Kier alpha value is -0.910. The highest BCUT2D eigenvalue weighted by molar-refractivity contribution is 7.89. The molecule has 1 aromatic carbocycles. The molecule has 0 aromatic heterocycles. The van der Waals surface area contributed by atoms with Crippen molar-refractivity contribution in [3.05, 3.63) is 35.4 Å². The maximum Gasteiger partial charge on any atom is 0.213 e. The van der Waals surface area contributed by atoms with Crippen LogP contribution >= 0.6 is 0 Å². The molecule has 5 heteroatoms. The van der Waals surface area contributed by atoms with Crippen molar-refractivity contribution in [3.8, 4) is 0 Å². The smallest absolute Gasteiger partial charge is 0.213 e. The summed E-state index contributed by atoms with van der Waals surface area (Å²) >= 11 is 0. The summed E-state index contributed by atoms with van der Waals surface area (Å²) in [5, 5.41) is 3.28. The minimum absolute atomic E-state index is 0.0740. The van der Waals surface area contributed by atoms with Crippen molar-refractivity contribution in [2.45, 2.75) is 44.3 Å². The highest BCUT2D eigenvalue weighted by Gasteiger charge is 2.28. The van der Waals surface area contributed by atoms with E-state index in [1.807, 2.05) is 18.2 Å². The molecule has 19 heavy (non-hydrogen) atoms. The fraction of sp³-hybridized carbons (Fsp3) is 0.571. The Bertz CT molecular complexity index is 550. The van der Waals surface area contributed by atoms with Crippen molar-refractivity contribution in [2.75, 3.05) is 5.75 Å². The van der Waals surface area contributed by atoms with Crippen LogP contribution in [0.2, 0.25) is 0 Å². The SMILES string of the molecule is O=S(=O)(CC1NCc2ccccc21)NC1CCCC1. The van der Waals surface area contributed by atoms with E-state index in [4.69, 9.17) is 0 Å². The second-order valence-corrected chi connectivity index (χ2v) is 7.31. The van der Waals surface area contributed by atoms with Gasteiger partial charge in [-0.25, -0.2) is 13.1 Å². The third kappa shape index (κ3) is 2.99. The number of rotatable bonds is 4. The van der Waals surface area contributed by atoms with Gasteiger partial charge in [-0.05, 0) is 24.0 Å². The summed E-state index contributed by atoms with van der Waals surface area (Å²) < 4.78 is 27.2. The van der Waals surface area contributed by atoms with E-state index in [2.05, 4.69) is 16.1 Å². The minimum Gasteiger partial charge on any atom is -0.305 e. The standard InChI is InChI=1S/C14H20N2O2S/c17-19(18,16-12-6-2-3-7-12)10-14-13-8-4-1-5-11(13)9-15-14/h1,4-5,8,12,14-16H,2-3,6-7,9-10H2. The van der Waals surface area contributed by atoms with Crippen LogP contribution in [0, 0.1) is 0 Å². The van der Waals surface area contributed by atoms with E-state index in [0.717, 1.165) is 37.8 Å². The number of sulfonamides is 1. The normalized spacial score (nSPS) is 23.7. The highest BCUT2D eigenvalue weighted by Crippen LogP contribution is 2.26. The van der Waals surface area contributed by atoms with E-state index in [0.29, 0.717) is 0 Å². The fourth-order valence-corrected chi connectivity index (χ4v) is 4.67. The maximum atomic E-state index is 12.2. The maximum absolute atomic E-state index is 12.2. The number of benzene rings is 1. The van der Waals surface area contributed by atoms with Gasteiger partial charge in [0.1, 0.15) is 0 Å². The third-order valence-corrected chi connectivity index (χ3v) is 5.52. The molecule has 0 saturated heterocycles. The second kappa shape index (κ2) is 5.23. The van der Waals surface area contributed by atoms with E-state index in [-0.39, 0.29) is 17.8 Å². The van der Waals surface area contributed by atoms with Gasteiger partial charge in [0.25, 0.3) is 0 Å². The lowest BCUT2D eigenvalue weighted by Gasteiger charge is -2.16. The van der Waals surface area contributed by atoms with Crippen molar-refractivity contribution >= 4 is 10.0 Å². The van der Waals surface area contributed by atoms with Crippen LogP contribution in [0.25, 0.3) is 0 Å². The van der Waals surface area contributed by atoms with Gasteiger partial charge in [-0.2, -0.15) is 0 Å². The topological polar surface area (TPSA) is 58.2 Å². The summed E-state index contributed by atoms with van der Waals surface area (Å²) in [5.41, 5.74) is 2.34. The molecule has 4 nitrogen and oxygen atoms in total. The average Bonchev–Trinajstić information content (AvgIpc) is 2.99. The fourth-order valence-electron chi connectivity index (χ4n) is 3.09. The Morgan fingerprint density at radius 3 is 2.74 bits per heavy atom. The zero-order chi connectivity index (χ0) is 13.3. The quantitative estimate of drug-likeness (QED) is 0.882. The Morgan fingerprint density at radius 2 is 1.95 bits per heavy atom. The van der Waals surface area contributed by atoms with Gasteiger partial charge in [-0.3, -0.25) is 0 Å². The molecule has 1 heterocycles. The zero-order valence-corrected chi connectivity index (χ0v) is 11.7. The van der Waals surface area contributed by atoms with Gasteiger partial charge in [0.2, 0.25) is 10.0 Å². The Morgan fingerprint density at radius 1 is 1.21 bits per heavy atom. The molecule has 3 rings (SSSR count). The summed E-state index contributed by atoms with van der Waals surface area (Å²) in [6.45, 7) is 0.764. The first-order valence-electron chi connectivity index (χ1n) is 6.95. The van der Waals surface area contributed by atoms with Gasteiger partial charge in [0.15, 0.2) is 0 Å². The Balaban J connectivity index is 1.68. The van der Waals surface area contributed by atoms with Crippen LogP contribution in [0.4, 0.5) is 0 Å². The van der Waals surface area contributed by atoms with Crippen LogP contribution in [0.5, 0.6) is 0 Å². The van der Waals surface area contributed by atoms with E-state index in [9.17, 15) is 8.42 Å². The summed E-state index contributed by atoms with van der Waals surface area (Å²) in [7, 11) is -3.20. The van der Waals surface area contributed by atoms with Crippen LogP contribution < -0.4 is 10.0 Å². The first kappa shape index (κ1) is 13.1. The van der Waals surface area contributed by atoms with Crippen molar-refractivity contribution in [2.24, 2.45) is 0 Å². The minimum atomic E-state index is -3.20. The molecule has 1 aliphatic heterocycles.